The summed E-state index contributed by atoms with van der Waals surface area (Å²) in [7, 11) is 0.697. The fourth-order valence-corrected chi connectivity index (χ4v) is 9.05. The molecule has 74 heavy (non-hydrogen) atoms. The molecule has 0 saturated heterocycles. The van der Waals surface area contributed by atoms with E-state index in [0.29, 0.717) is 30.9 Å². The van der Waals surface area contributed by atoms with Crippen LogP contribution in [0.5, 0.6) is 5.75 Å². The van der Waals surface area contributed by atoms with E-state index in [4.69, 9.17) is 49.5 Å². The van der Waals surface area contributed by atoms with Gasteiger partial charge in [0.1, 0.15) is 5.75 Å². The highest BCUT2D eigenvalue weighted by Gasteiger charge is 2.13. The fourth-order valence-electron chi connectivity index (χ4n) is 8.53. The van der Waals surface area contributed by atoms with E-state index < -0.39 is 0 Å². The Bertz CT molecular complexity index is 3820. The van der Waals surface area contributed by atoms with E-state index in [-0.39, 0.29) is 15.9 Å². The first-order valence-corrected chi connectivity index (χ1v) is 24.6. The highest BCUT2D eigenvalue weighted by Crippen LogP contribution is 2.33. The Labute approximate surface area is 444 Å². The molecular weight excluding hydrogens is 978 g/mol. The molecule has 1 radical (unpaired) electrons. The third-order valence-electron chi connectivity index (χ3n) is 12.0. The quantitative estimate of drug-likeness (QED) is 0.143. The molecule has 0 aliphatic carbocycles. The number of aromatic nitrogens is 6. The Hall–Kier alpha value is -8.57. The van der Waals surface area contributed by atoms with E-state index in [1.807, 2.05) is 121 Å². The number of hydrogen-bond donors (Lipinski definition) is 1. The molecule has 0 amide bonds. The molecule has 12 aromatic rings. The molecule has 0 bridgehead atoms. The van der Waals surface area contributed by atoms with Gasteiger partial charge in [0.25, 0.3) is 0 Å². The van der Waals surface area contributed by atoms with Crippen molar-refractivity contribution in [3.8, 4) is 84.4 Å². The minimum absolute atomic E-state index is 0.0899. The molecule has 10 aromatic carbocycles. The zero-order valence-electron chi connectivity index (χ0n) is 39.3. The van der Waals surface area contributed by atoms with E-state index >= 15 is 0 Å². The lowest BCUT2D eigenvalue weighted by Crippen LogP contribution is -1.99. The highest BCUT2D eigenvalue weighted by molar-refractivity contribution is 6.31. The van der Waals surface area contributed by atoms with Crippen LogP contribution in [0.15, 0.2) is 243 Å². The van der Waals surface area contributed by atoms with Gasteiger partial charge < -0.3 is 9.68 Å². The van der Waals surface area contributed by atoms with Crippen LogP contribution in [-0.2, 0) is 0 Å². The second-order valence-electron chi connectivity index (χ2n) is 16.7. The molecule has 0 fully saturated rings. The zero-order chi connectivity index (χ0) is 50.6. The summed E-state index contributed by atoms with van der Waals surface area (Å²) in [5.74, 6) is 2.19. The van der Waals surface area contributed by atoms with Crippen LogP contribution in [0, 0.1) is 0 Å². The minimum atomic E-state index is 0.0899. The van der Waals surface area contributed by atoms with Gasteiger partial charge in [0, 0.05) is 16.7 Å². The average molecular weight is 1020 g/mol. The largest absolute Gasteiger partial charge is 0.569 e. The molecule has 12 rings (SSSR count). The Morgan fingerprint density at radius 1 is 0.297 bits per heavy atom. The lowest BCUT2D eigenvalue weighted by Gasteiger charge is -2.10. The number of benzene rings is 10. The average Bonchev–Trinajstić information content (AvgIpc) is 3.45. The van der Waals surface area contributed by atoms with Crippen LogP contribution >= 0.6 is 34.8 Å². The normalized spacial score (nSPS) is 10.7. The third-order valence-corrected chi connectivity index (χ3v) is 12.5. The standard InChI is InChI=1S/C31H20ClN3.C16H12BO2.C15H9Cl2N3/c32-31-34-29(24-18-16-22(17-19-24)21-8-2-1-3-9-21)33-30(35-31)26-13-6-12-25(20-26)28-15-7-11-23-10-4-5-14-27(23)28;18-17-19-14-8-3-7-13(11-14)16-10-4-6-12-5-1-2-9-15(12)16;16-14-18-13(19-15(17)20-14)12-8-6-11(7-9-12)10-4-2-1-3-5-10/h1-20H;1-11,18H;1-9H. The topological polar surface area (TPSA) is 107 Å². The molecule has 0 saturated carbocycles. The van der Waals surface area contributed by atoms with Crippen molar-refractivity contribution in [1.82, 2.24) is 29.9 Å². The number of nitrogens with zero attached hydrogens (tertiary/aromatic N) is 6. The molecule has 2 heterocycles. The van der Waals surface area contributed by atoms with Crippen LogP contribution in [0.2, 0.25) is 15.9 Å². The Morgan fingerprint density at radius 2 is 0.649 bits per heavy atom. The first kappa shape index (κ1) is 49.0. The van der Waals surface area contributed by atoms with Crippen molar-refractivity contribution in [1.29, 1.82) is 0 Å². The number of hydrogen-bond acceptors (Lipinski definition) is 8. The molecule has 8 nitrogen and oxygen atoms in total. The second-order valence-corrected chi connectivity index (χ2v) is 17.7. The molecule has 355 valence electrons. The maximum Gasteiger partial charge on any atom is 0.569 e. The van der Waals surface area contributed by atoms with Crippen LogP contribution in [0.3, 0.4) is 0 Å². The molecule has 2 aromatic heterocycles. The summed E-state index contributed by atoms with van der Waals surface area (Å²) in [6, 6.07) is 81.6. The zero-order valence-corrected chi connectivity index (χ0v) is 41.6. The van der Waals surface area contributed by atoms with Crippen molar-refractivity contribution in [3.05, 3.63) is 259 Å². The van der Waals surface area contributed by atoms with Crippen molar-refractivity contribution < 1.29 is 9.68 Å². The maximum absolute atomic E-state index is 8.71. The molecular formula is C62H41BCl3N6O2. The predicted molar refractivity (Wildman–Crippen MR) is 303 cm³/mol. The summed E-state index contributed by atoms with van der Waals surface area (Å²) in [5, 5.41) is 13.9. The van der Waals surface area contributed by atoms with Crippen LogP contribution < -0.4 is 4.65 Å². The Kier molecular flexibility index (Phi) is 15.5. The van der Waals surface area contributed by atoms with Crippen molar-refractivity contribution >= 4 is 64.0 Å². The van der Waals surface area contributed by atoms with Gasteiger partial charge in [-0.15, -0.1) is 0 Å². The van der Waals surface area contributed by atoms with E-state index in [2.05, 4.69) is 140 Å². The summed E-state index contributed by atoms with van der Waals surface area (Å²) < 4.78 is 5.01. The van der Waals surface area contributed by atoms with Gasteiger partial charge in [-0.05, 0) is 119 Å². The van der Waals surface area contributed by atoms with Crippen molar-refractivity contribution in [2.45, 2.75) is 0 Å². The van der Waals surface area contributed by atoms with Gasteiger partial charge in [-0.1, -0.05) is 224 Å². The number of fused-ring (bicyclic) bond motifs is 2. The Morgan fingerprint density at radius 3 is 1.16 bits per heavy atom. The number of halogens is 3. The van der Waals surface area contributed by atoms with Gasteiger partial charge in [0.05, 0.1) is 0 Å². The van der Waals surface area contributed by atoms with E-state index in [0.717, 1.165) is 50.1 Å². The van der Waals surface area contributed by atoms with Crippen LogP contribution in [0.1, 0.15) is 0 Å². The van der Waals surface area contributed by atoms with Crippen molar-refractivity contribution in [2.75, 3.05) is 0 Å². The Balaban J connectivity index is 0.000000137. The van der Waals surface area contributed by atoms with Crippen molar-refractivity contribution in [2.24, 2.45) is 0 Å². The summed E-state index contributed by atoms with van der Waals surface area (Å²) in [4.78, 5) is 25.5. The van der Waals surface area contributed by atoms with Gasteiger partial charge >= 0.3 is 7.69 Å². The van der Waals surface area contributed by atoms with E-state index in [1.165, 1.54) is 32.7 Å². The van der Waals surface area contributed by atoms with Gasteiger partial charge in [-0.25, -0.2) is 4.98 Å². The minimum Gasteiger partial charge on any atom is -0.537 e. The van der Waals surface area contributed by atoms with E-state index in [1.54, 1.807) is 6.07 Å². The summed E-state index contributed by atoms with van der Waals surface area (Å²) >= 11 is 17.9. The van der Waals surface area contributed by atoms with E-state index in [9.17, 15) is 0 Å². The maximum atomic E-state index is 8.71. The predicted octanol–water partition coefficient (Wildman–Crippen LogP) is 16.3. The fraction of sp³-hybridized carbons (Fsp3) is 0. The van der Waals surface area contributed by atoms with Crippen LogP contribution in [0.25, 0.3) is 100 Å². The van der Waals surface area contributed by atoms with Crippen molar-refractivity contribution in [3.63, 3.8) is 0 Å². The number of rotatable bonds is 9. The molecule has 0 aliphatic heterocycles. The second kappa shape index (κ2) is 23.3. The lowest BCUT2D eigenvalue weighted by atomic mass is 9.97. The highest BCUT2D eigenvalue weighted by atomic mass is 35.5. The molecule has 0 aliphatic rings. The van der Waals surface area contributed by atoms with Gasteiger partial charge in [-0.2, -0.15) is 24.9 Å². The lowest BCUT2D eigenvalue weighted by molar-refractivity contribution is 0.454. The van der Waals surface area contributed by atoms with Crippen LogP contribution in [0.4, 0.5) is 0 Å². The molecule has 0 atom stereocenters. The summed E-state index contributed by atoms with van der Waals surface area (Å²) in [6.45, 7) is 0. The first-order valence-electron chi connectivity index (χ1n) is 23.4. The smallest absolute Gasteiger partial charge is 0.537 e. The monoisotopic (exact) mass is 1020 g/mol. The summed E-state index contributed by atoms with van der Waals surface area (Å²) in [6.07, 6.45) is 0. The van der Waals surface area contributed by atoms with Gasteiger partial charge in [0.15, 0.2) is 17.5 Å². The summed E-state index contributed by atoms with van der Waals surface area (Å²) in [5.41, 5.74) is 11.7. The SMILES string of the molecule is Clc1nc(-c2ccc(-c3ccccc3)cc2)nc(-c2cccc(-c3cccc4ccccc34)c2)n1.Clc1nc(Cl)nc(-c2ccc(-c3ccccc3)cc2)n1.O[B]Oc1cccc(-c2cccc3ccccc23)c1. The van der Waals surface area contributed by atoms with Gasteiger partial charge in [-0.3, -0.25) is 0 Å². The molecule has 12 heteroatoms. The molecule has 0 unspecified atom stereocenters. The molecule has 0 spiro atoms. The third kappa shape index (κ3) is 11.9. The molecule has 1 N–H and O–H groups in total. The van der Waals surface area contributed by atoms with Crippen LogP contribution in [-0.4, -0.2) is 42.6 Å². The first-order chi connectivity index (χ1) is 36.3. The van der Waals surface area contributed by atoms with Gasteiger partial charge in [0.2, 0.25) is 15.9 Å².